The Bertz CT molecular complexity index is 1470. The maximum absolute atomic E-state index is 12.2. The van der Waals surface area contributed by atoms with Crippen molar-refractivity contribution in [1.82, 2.24) is 14.9 Å². The molecule has 172 valence electrons. The largest absolute Gasteiger partial charge is 0.355 e. The first kappa shape index (κ1) is 23.5. The van der Waals surface area contributed by atoms with Gasteiger partial charge in [0.2, 0.25) is 5.69 Å². The minimum Gasteiger partial charge on any atom is -0.355 e. The summed E-state index contributed by atoms with van der Waals surface area (Å²) < 4.78 is 2.17. The predicted molar refractivity (Wildman–Crippen MR) is 138 cm³/mol. The van der Waals surface area contributed by atoms with Crippen molar-refractivity contribution in [2.45, 2.75) is 33.9 Å². The number of nitrogens with one attached hydrogen (secondary N) is 1. The predicted octanol–water partition coefficient (Wildman–Crippen LogP) is 6.56. The van der Waals surface area contributed by atoms with Crippen LogP contribution in [0.15, 0.2) is 66.9 Å². The van der Waals surface area contributed by atoms with Crippen LogP contribution < -0.4 is 5.32 Å². The van der Waals surface area contributed by atoms with E-state index >= 15 is 0 Å². The van der Waals surface area contributed by atoms with Gasteiger partial charge in [-0.05, 0) is 55.2 Å². The lowest BCUT2D eigenvalue weighted by atomic mass is 10.0. The van der Waals surface area contributed by atoms with E-state index in [0.717, 1.165) is 39.2 Å². The summed E-state index contributed by atoms with van der Waals surface area (Å²) >= 11 is 0. The summed E-state index contributed by atoms with van der Waals surface area (Å²) in [6, 6.07) is 19.1. The highest BCUT2D eigenvalue weighted by molar-refractivity contribution is 5.92. The van der Waals surface area contributed by atoms with E-state index in [4.69, 9.17) is 13.1 Å². The Balaban J connectivity index is 1.54. The molecule has 0 saturated heterocycles. The van der Waals surface area contributed by atoms with Crippen molar-refractivity contribution >= 4 is 17.3 Å². The molecule has 1 N–H and O–H groups in total. The Morgan fingerprint density at radius 3 is 2.31 bits per heavy atom. The molecule has 0 radical (unpaired) electrons. The molecule has 2 aromatic carbocycles. The highest BCUT2D eigenvalue weighted by atomic mass is 16.1. The third kappa shape index (κ3) is 4.83. The lowest BCUT2D eigenvalue weighted by Gasteiger charge is -2.12. The summed E-state index contributed by atoms with van der Waals surface area (Å²) in [5.74, 6) is -0.202. The maximum Gasteiger partial charge on any atom is 0.270 e. The molecule has 6 heteroatoms. The van der Waals surface area contributed by atoms with E-state index in [1.54, 1.807) is 24.4 Å². The van der Waals surface area contributed by atoms with Crippen LogP contribution in [0.4, 0.5) is 11.4 Å². The number of hydrogen-bond acceptors (Lipinski definition) is 2. The number of aromatic nitrogens is 2. The van der Waals surface area contributed by atoms with Crippen LogP contribution in [-0.4, -0.2) is 15.5 Å². The first-order chi connectivity index (χ1) is 16.9. The van der Waals surface area contributed by atoms with E-state index in [1.165, 1.54) is 0 Å². The molecular weight excluding hydrogens is 434 g/mol. The van der Waals surface area contributed by atoms with E-state index in [-0.39, 0.29) is 5.91 Å². The van der Waals surface area contributed by atoms with Crippen molar-refractivity contribution in [2.75, 3.05) is 0 Å². The molecule has 0 aliphatic rings. The molecule has 0 fully saturated rings. The number of rotatable bonds is 6. The van der Waals surface area contributed by atoms with Gasteiger partial charge in [0.05, 0.1) is 13.1 Å². The molecule has 35 heavy (non-hydrogen) atoms. The third-order valence-corrected chi connectivity index (χ3v) is 6.18. The number of pyridine rings is 1. The molecule has 0 aliphatic heterocycles. The Morgan fingerprint density at radius 2 is 1.69 bits per heavy atom. The Morgan fingerprint density at radius 1 is 0.943 bits per heavy atom. The van der Waals surface area contributed by atoms with Gasteiger partial charge >= 0.3 is 0 Å². The van der Waals surface area contributed by atoms with Crippen LogP contribution in [0.25, 0.3) is 20.8 Å². The van der Waals surface area contributed by atoms with E-state index in [1.807, 2.05) is 63.2 Å². The van der Waals surface area contributed by atoms with Gasteiger partial charge in [-0.25, -0.2) is 9.69 Å². The van der Waals surface area contributed by atoms with Gasteiger partial charge in [-0.3, -0.25) is 9.78 Å². The zero-order chi connectivity index (χ0) is 24.9. The molecule has 0 unspecified atom stereocenters. The SMILES string of the molecule is [C-]#[N+]c1ccc(-c2c([N+]#[C-])c(C)n(Cc3ccc(CNC(=O)c4ccccn4)cc3)c2C)cc1C. The summed E-state index contributed by atoms with van der Waals surface area (Å²) in [5.41, 5.74) is 8.50. The molecular formula is C29H25N5O. The minimum absolute atomic E-state index is 0.202. The Kier molecular flexibility index (Phi) is 6.76. The van der Waals surface area contributed by atoms with Crippen molar-refractivity contribution in [3.63, 3.8) is 0 Å². The van der Waals surface area contributed by atoms with Crippen LogP contribution in [0.3, 0.4) is 0 Å². The van der Waals surface area contributed by atoms with Crippen LogP contribution in [0, 0.1) is 33.9 Å². The standard InChI is InChI=1S/C29H25N5O/c1-19-16-24(13-14-25(19)30-4)27-20(2)34(21(3)28(27)31-5)18-23-11-9-22(10-12-23)17-33-29(35)26-8-6-7-15-32-26/h6-16H,17-18H2,1-3H3,(H,33,35). The number of amides is 1. The number of benzene rings is 2. The second-order valence-corrected chi connectivity index (χ2v) is 8.42. The summed E-state index contributed by atoms with van der Waals surface area (Å²) in [4.78, 5) is 23.7. The van der Waals surface area contributed by atoms with E-state index in [2.05, 4.69) is 24.6 Å². The summed E-state index contributed by atoms with van der Waals surface area (Å²) in [5, 5.41) is 2.89. The van der Waals surface area contributed by atoms with Crippen molar-refractivity contribution in [2.24, 2.45) is 0 Å². The minimum atomic E-state index is -0.202. The highest BCUT2D eigenvalue weighted by Gasteiger charge is 2.20. The van der Waals surface area contributed by atoms with Crippen LogP contribution in [-0.2, 0) is 13.1 Å². The van der Waals surface area contributed by atoms with Crippen molar-refractivity contribution < 1.29 is 4.79 Å². The molecule has 2 heterocycles. The van der Waals surface area contributed by atoms with Gasteiger partial charge in [-0.15, -0.1) is 0 Å². The fraction of sp³-hybridized carbons (Fsp3) is 0.172. The third-order valence-electron chi connectivity index (χ3n) is 6.18. The van der Waals surface area contributed by atoms with Gasteiger partial charge < -0.3 is 9.88 Å². The van der Waals surface area contributed by atoms with Gasteiger partial charge in [-0.2, -0.15) is 0 Å². The normalized spacial score (nSPS) is 10.4. The highest BCUT2D eigenvalue weighted by Crippen LogP contribution is 2.40. The summed E-state index contributed by atoms with van der Waals surface area (Å²) in [7, 11) is 0. The topological polar surface area (TPSA) is 55.6 Å². The van der Waals surface area contributed by atoms with Gasteiger partial charge in [0.1, 0.15) is 5.69 Å². The maximum atomic E-state index is 12.2. The molecule has 1 amide bonds. The average molecular weight is 460 g/mol. The van der Waals surface area contributed by atoms with Crippen LogP contribution >= 0.6 is 0 Å². The number of nitrogens with zero attached hydrogens (tertiary/aromatic N) is 4. The average Bonchev–Trinajstić information content (AvgIpc) is 3.12. The molecule has 4 aromatic rings. The van der Waals surface area contributed by atoms with E-state index in [0.29, 0.717) is 30.2 Å². The second-order valence-electron chi connectivity index (χ2n) is 8.42. The zero-order valence-corrected chi connectivity index (χ0v) is 20.0. The number of carbonyl (C=O) groups excluding carboxylic acids is 1. The molecule has 6 nitrogen and oxygen atoms in total. The number of hydrogen-bond donors (Lipinski definition) is 1. The van der Waals surface area contributed by atoms with E-state index in [9.17, 15) is 4.79 Å². The van der Waals surface area contributed by atoms with Crippen LogP contribution in [0.2, 0.25) is 0 Å². The first-order valence-corrected chi connectivity index (χ1v) is 11.3. The second kappa shape index (κ2) is 10.1. The zero-order valence-electron chi connectivity index (χ0n) is 20.0. The van der Waals surface area contributed by atoms with Gasteiger partial charge in [0.25, 0.3) is 5.91 Å². The molecule has 0 saturated carbocycles. The van der Waals surface area contributed by atoms with Crippen LogP contribution in [0.5, 0.6) is 0 Å². The molecule has 0 atom stereocenters. The Labute approximate surface area is 205 Å². The first-order valence-electron chi connectivity index (χ1n) is 11.3. The summed E-state index contributed by atoms with van der Waals surface area (Å²) in [6.45, 7) is 22.1. The van der Waals surface area contributed by atoms with Gasteiger partial charge in [0.15, 0.2) is 5.69 Å². The van der Waals surface area contributed by atoms with Gasteiger partial charge in [0, 0.05) is 36.2 Å². The van der Waals surface area contributed by atoms with Crippen molar-refractivity contribution in [3.8, 4) is 11.1 Å². The molecule has 0 bridgehead atoms. The summed E-state index contributed by atoms with van der Waals surface area (Å²) in [6.07, 6.45) is 1.60. The number of carbonyl (C=O) groups is 1. The monoisotopic (exact) mass is 459 g/mol. The molecule has 0 spiro atoms. The molecule has 4 rings (SSSR count). The molecule has 0 aliphatic carbocycles. The quantitative estimate of drug-likeness (QED) is 0.332. The van der Waals surface area contributed by atoms with Crippen molar-refractivity contribution in [3.05, 3.63) is 123 Å². The van der Waals surface area contributed by atoms with E-state index < -0.39 is 0 Å². The lowest BCUT2D eigenvalue weighted by Crippen LogP contribution is -2.23. The number of aryl methyl sites for hydroxylation is 1. The fourth-order valence-electron chi connectivity index (χ4n) is 4.24. The smallest absolute Gasteiger partial charge is 0.270 e. The van der Waals surface area contributed by atoms with Gasteiger partial charge in [-0.1, -0.05) is 48.5 Å². The van der Waals surface area contributed by atoms with Crippen molar-refractivity contribution in [1.29, 1.82) is 0 Å². The molecule has 2 aromatic heterocycles. The fourth-order valence-corrected chi connectivity index (χ4v) is 4.24. The Hall–Kier alpha value is -4.68. The van der Waals surface area contributed by atoms with Crippen LogP contribution in [0.1, 0.15) is 38.6 Å². The lowest BCUT2D eigenvalue weighted by molar-refractivity contribution is 0.0946.